The van der Waals surface area contributed by atoms with Gasteiger partial charge in [-0.25, -0.2) is 18.7 Å². The maximum atomic E-state index is 13.8. The predicted octanol–water partition coefficient (Wildman–Crippen LogP) is 2.56. The van der Waals surface area contributed by atoms with Crippen LogP contribution in [0.25, 0.3) is 11.5 Å². The predicted molar refractivity (Wildman–Crippen MR) is 99.4 cm³/mol. The zero-order chi connectivity index (χ0) is 21.0. The number of aliphatic carboxylic acids is 1. The monoisotopic (exact) mass is 401 g/mol. The minimum Gasteiger partial charge on any atom is -0.480 e. The molecule has 3 rings (SSSR count). The van der Waals surface area contributed by atoms with Crippen LogP contribution < -0.4 is 5.32 Å². The van der Waals surface area contributed by atoms with E-state index in [4.69, 9.17) is 5.11 Å². The van der Waals surface area contributed by atoms with Crippen molar-refractivity contribution in [3.05, 3.63) is 59.4 Å². The van der Waals surface area contributed by atoms with E-state index in [1.807, 2.05) is 0 Å². The van der Waals surface area contributed by atoms with Crippen molar-refractivity contribution in [3.8, 4) is 11.5 Å². The maximum Gasteiger partial charge on any atom is 0.322 e. The molecular weight excluding hydrogens is 384 g/mol. The first-order chi connectivity index (χ1) is 13.8. The molecule has 29 heavy (non-hydrogen) atoms. The fourth-order valence-corrected chi connectivity index (χ4v) is 2.68. The van der Waals surface area contributed by atoms with E-state index in [9.17, 15) is 18.4 Å². The Morgan fingerprint density at radius 1 is 1.21 bits per heavy atom. The number of Topliss-reactive ketones (excluding diaryl/α,β-unsaturated/α-hetero) is 1. The van der Waals surface area contributed by atoms with Gasteiger partial charge >= 0.3 is 5.97 Å². The van der Waals surface area contributed by atoms with E-state index in [2.05, 4.69) is 20.4 Å². The average molecular weight is 401 g/mol. The number of carboxylic acid groups (broad SMARTS) is 1. The minimum atomic E-state index is -1.18. The molecule has 2 N–H and O–H groups in total. The van der Waals surface area contributed by atoms with Crippen LogP contribution in [-0.2, 0) is 17.8 Å². The van der Waals surface area contributed by atoms with Gasteiger partial charge in [0.05, 0.1) is 6.20 Å². The zero-order valence-corrected chi connectivity index (χ0v) is 15.4. The summed E-state index contributed by atoms with van der Waals surface area (Å²) in [7, 11) is 0. The van der Waals surface area contributed by atoms with Crippen LogP contribution in [0, 0.1) is 11.6 Å². The van der Waals surface area contributed by atoms with E-state index in [0.29, 0.717) is 12.0 Å². The standard InChI is InChI=1S/C19H17F2N5O3/c1-11(27)16-8-15(19-22-9-14(21)18(24-19)23-10-17(28)29)25-26(16)7-6-12-4-2-3-5-13(12)20/h2-5,8-9H,6-7,10H2,1H3,(H,28,29)(H,22,23,24). The molecule has 150 valence electrons. The number of hydrogen-bond donors (Lipinski definition) is 2. The number of carboxylic acids is 1. The molecule has 0 atom stereocenters. The summed E-state index contributed by atoms with van der Waals surface area (Å²) in [5.74, 6) is -2.88. The number of carbonyl (C=O) groups excluding carboxylic acids is 1. The number of aryl methyl sites for hydroxylation is 2. The van der Waals surface area contributed by atoms with Gasteiger partial charge in [0, 0.05) is 13.5 Å². The number of carbonyl (C=O) groups is 2. The first-order valence-electron chi connectivity index (χ1n) is 8.66. The van der Waals surface area contributed by atoms with Gasteiger partial charge in [-0.2, -0.15) is 5.10 Å². The van der Waals surface area contributed by atoms with Gasteiger partial charge < -0.3 is 10.4 Å². The highest BCUT2D eigenvalue weighted by Gasteiger charge is 2.17. The Kier molecular flexibility index (Phi) is 5.91. The first kappa shape index (κ1) is 20.1. The summed E-state index contributed by atoms with van der Waals surface area (Å²) in [6.45, 7) is 1.08. The molecule has 2 aromatic heterocycles. The van der Waals surface area contributed by atoms with E-state index in [1.54, 1.807) is 18.2 Å². The number of nitrogens with one attached hydrogen (secondary N) is 1. The minimum absolute atomic E-state index is 0.0198. The fraction of sp³-hybridized carbons (Fsp3) is 0.211. The lowest BCUT2D eigenvalue weighted by Gasteiger charge is -2.06. The zero-order valence-electron chi connectivity index (χ0n) is 15.4. The summed E-state index contributed by atoms with van der Waals surface area (Å²) < 4.78 is 29.0. The Morgan fingerprint density at radius 3 is 2.66 bits per heavy atom. The smallest absolute Gasteiger partial charge is 0.322 e. The first-order valence-corrected chi connectivity index (χ1v) is 8.66. The molecule has 0 aliphatic rings. The molecule has 0 aliphatic heterocycles. The lowest BCUT2D eigenvalue weighted by Crippen LogP contribution is -2.15. The van der Waals surface area contributed by atoms with Crippen LogP contribution in [0.2, 0.25) is 0 Å². The van der Waals surface area contributed by atoms with Crippen LogP contribution in [0.3, 0.4) is 0 Å². The summed E-state index contributed by atoms with van der Waals surface area (Å²) in [6, 6.07) is 7.77. The summed E-state index contributed by atoms with van der Waals surface area (Å²) in [4.78, 5) is 30.5. The number of hydrogen-bond acceptors (Lipinski definition) is 6. The lowest BCUT2D eigenvalue weighted by molar-refractivity contribution is -0.134. The molecule has 0 amide bonds. The Bertz CT molecular complexity index is 1070. The van der Waals surface area contributed by atoms with Crippen molar-refractivity contribution < 1.29 is 23.5 Å². The SMILES string of the molecule is CC(=O)c1cc(-c2ncc(F)c(NCC(=O)O)n2)nn1CCc1ccccc1F. The number of nitrogens with zero attached hydrogens (tertiary/aromatic N) is 4. The Hall–Kier alpha value is -3.69. The molecule has 0 radical (unpaired) electrons. The number of benzene rings is 1. The molecule has 0 bridgehead atoms. The Balaban J connectivity index is 1.88. The second-order valence-electron chi connectivity index (χ2n) is 6.17. The van der Waals surface area contributed by atoms with Gasteiger partial charge in [0.2, 0.25) is 0 Å². The highest BCUT2D eigenvalue weighted by atomic mass is 19.1. The van der Waals surface area contributed by atoms with Gasteiger partial charge in [-0.3, -0.25) is 14.3 Å². The van der Waals surface area contributed by atoms with E-state index < -0.39 is 18.3 Å². The van der Waals surface area contributed by atoms with Crippen molar-refractivity contribution >= 4 is 17.6 Å². The van der Waals surface area contributed by atoms with Crippen molar-refractivity contribution in [1.29, 1.82) is 0 Å². The molecule has 0 saturated heterocycles. The van der Waals surface area contributed by atoms with E-state index in [-0.39, 0.29) is 41.2 Å². The van der Waals surface area contributed by atoms with Gasteiger partial charge in [-0.05, 0) is 24.1 Å². The quantitative estimate of drug-likeness (QED) is 0.558. The number of halogens is 2. The third-order valence-corrected chi connectivity index (χ3v) is 4.07. The fourth-order valence-electron chi connectivity index (χ4n) is 2.68. The van der Waals surface area contributed by atoms with Gasteiger partial charge in [-0.1, -0.05) is 18.2 Å². The lowest BCUT2D eigenvalue weighted by atomic mass is 10.1. The van der Waals surface area contributed by atoms with Crippen molar-refractivity contribution in [3.63, 3.8) is 0 Å². The Labute approximate surface area is 164 Å². The molecule has 0 spiro atoms. The molecule has 1 aromatic carbocycles. The van der Waals surface area contributed by atoms with Crippen molar-refractivity contribution in [1.82, 2.24) is 19.7 Å². The number of rotatable bonds is 8. The molecule has 0 aliphatic carbocycles. The van der Waals surface area contributed by atoms with Crippen LogP contribution in [-0.4, -0.2) is 43.2 Å². The Morgan fingerprint density at radius 2 is 1.97 bits per heavy atom. The van der Waals surface area contributed by atoms with Crippen molar-refractivity contribution in [2.45, 2.75) is 19.9 Å². The van der Waals surface area contributed by atoms with Crippen molar-refractivity contribution in [2.24, 2.45) is 0 Å². The highest BCUT2D eigenvalue weighted by Crippen LogP contribution is 2.20. The number of ketones is 1. The summed E-state index contributed by atoms with van der Waals surface area (Å²) >= 11 is 0. The van der Waals surface area contributed by atoms with Crippen LogP contribution in [0.5, 0.6) is 0 Å². The third kappa shape index (κ3) is 4.78. The molecular formula is C19H17F2N5O3. The van der Waals surface area contributed by atoms with Crippen LogP contribution in [0.1, 0.15) is 23.0 Å². The van der Waals surface area contributed by atoms with Gasteiger partial charge in [0.1, 0.15) is 23.7 Å². The number of anilines is 1. The maximum absolute atomic E-state index is 13.8. The van der Waals surface area contributed by atoms with E-state index >= 15 is 0 Å². The third-order valence-electron chi connectivity index (χ3n) is 4.07. The van der Waals surface area contributed by atoms with E-state index in [1.165, 1.54) is 23.7 Å². The van der Waals surface area contributed by atoms with E-state index in [0.717, 1.165) is 6.20 Å². The summed E-state index contributed by atoms with van der Waals surface area (Å²) in [5, 5.41) is 15.4. The molecule has 3 aromatic rings. The summed E-state index contributed by atoms with van der Waals surface area (Å²) in [6.07, 6.45) is 1.20. The van der Waals surface area contributed by atoms with Crippen LogP contribution in [0.15, 0.2) is 36.5 Å². The normalized spacial score (nSPS) is 10.7. The molecule has 0 saturated carbocycles. The topological polar surface area (TPSA) is 110 Å². The van der Waals surface area contributed by atoms with Crippen LogP contribution >= 0.6 is 0 Å². The molecule has 10 heteroatoms. The average Bonchev–Trinajstić information content (AvgIpc) is 3.11. The summed E-state index contributed by atoms with van der Waals surface area (Å²) in [5.41, 5.74) is 0.962. The molecule has 2 heterocycles. The van der Waals surface area contributed by atoms with Crippen molar-refractivity contribution in [2.75, 3.05) is 11.9 Å². The molecule has 8 nitrogen and oxygen atoms in total. The van der Waals surface area contributed by atoms with Gasteiger partial charge in [-0.15, -0.1) is 0 Å². The van der Waals surface area contributed by atoms with Gasteiger partial charge in [0.25, 0.3) is 0 Å². The number of aromatic nitrogens is 4. The highest BCUT2D eigenvalue weighted by molar-refractivity contribution is 5.93. The molecule has 0 fully saturated rings. The largest absolute Gasteiger partial charge is 0.480 e. The second-order valence-corrected chi connectivity index (χ2v) is 6.17. The van der Waals surface area contributed by atoms with Crippen LogP contribution in [0.4, 0.5) is 14.6 Å². The molecule has 0 unspecified atom stereocenters. The van der Waals surface area contributed by atoms with Gasteiger partial charge in [0.15, 0.2) is 23.2 Å². The second kappa shape index (κ2) is 8.55.